The average Bonchev–Trinajstić information content (AvgIpc) is 3.10. The third kappa shape index (κ3) is 3.18. The zero-order chi connectivity index (χ0) is 16.2. The fourth-order valence-electron chi connectivity index (χ4n) is 1.83. The van der Waals surface area contributed by atoms with Crippen LogP contribution >= 0.6 is 0 Å². The molecule has 2 aromatic heterocycles. The summed E-state index contributed by atoms with van der Waals surface area (Å²) >= 11 is 0. The minimum Gasteiger partial charge on any atom is -0.319 e. The molecule has 0 aliphatic rings. The van der Waals surface area contributed by atoms with Gasteiger partial charge in [-0.1, -0.05) is 0 Å². The van der Waals surface area contributed by atoms with E-state index in [4.69, 9.17) is 0 Å². The minimum atomic E-state index is -0.523. The van der Waals surface area contributed by atoms with E-state index >= 15 is 0 Å². The number of non-ortho nitro benzene ring substituents is 1. The van der Waals surface area contributed by atoms with Crippen LogP contribution in [-0.4, -0.2) is 30.3 Å². The van der Waals surface area contributed by atoms with Crippen LogP contribution in [0.25, 0.3) is 5.95 Å². The molecule has 2 heterocycles. The first kappa shape index (κ1) is 14.3. The molecular weight excluding hydrogens is 300 g/mol. The highest BCUT2D eigenvalue weighted by molar-refractivity contribution is 6.04. The molecule has 0 atom stereocenters. The van der Waals surface area contributed by atoms with Gasteiger partial charge in [-0.05, 0) is 12.1 Å². The van der Waals surface area contributed by atoms with Crippen molar-refractivity contribution >= 4 is 17.3 Å². The Labute approximate surface area is 129 Å². The first-order valence-electron chi connectivity index (χ1n) is 6.49. The molecule has 0 unspecified atom stereocenters. The number of aromatic nitrogens is 4. The molecule has 0 bridgehead atoms. The largest absolute Gasteiger partial charge is 0.319 e. The van der Waals surface area contributed by atoms with Gasteiger partial charge in [0.25, 0.3) is 11.6 Å². The monoisotopic (exact) mass is 310 g/mol. The molecule has 0 aliphatic heterocycles. The number of hydrogen-bond acceptors (Lipinski definition) is 6. The molecule has 0 aliphatic carbocycles. The van der Waals surface area contributed by atoms with E-state index in [1.54, 1.807) is 23.3 Å². The average molecular weight is 310 g/mol. The van der Waals surface area contributed by atoms with Crippen molar-refractivity contribution < 1.29 is 9.72 Å². The number of rotatable bonds is 4. The Hall–Kier alpha value is -3.62. The van der Waals surface area contributed by atoms with Gasteiger partial charge in [-0.3, -0.25) is 19.5 Å². The Kier molecular flexibility index (Phi) is 3.75. The molecule has 0 radical (unpaired) electrons. The second-order valence-electron chi connectivity index (χ2n) is 4.50. The second-order valence-corrected chi connectivity index (χ2v) is 4.50. The molecule has 0 saturated heterocycles. The van der Waals surface area contributed by atoms with Gasteiger partial charge in [0.2, 0.25) is 5.95 Å². The van der Waals surface area contributed by atoms with Crippen LogP contribution in [0.2, 0.25) is 0 Å². The Morgan fingerprint density at radius 1 is 1.17 bits per heavy atom. The Balaban J connectivity index is 1.71. The smallest absolute Gasteiger partial charge is 0.269 e. The predicted molar refractivity (Wildman–Crippen MR) is 80.2 cm³/mol. The molecule has 0 saturated carbocycles. The van der Waals surface area contributed by atoms with Crippen molar-refractivity contribution in [1.82, 2.24) is 19.5 Å². The van der Waals surface area contributed by atoms with Gasteiger partial charge in [-0.2, -0.15) is 0 Å². The van der Waals surface area contributed by atoms with Crippen LogP contribution in [0.4, 0.5) is 11.4 Å². The quantitative estimate of drug-likeness (QED) is 0.580. The van der Waals surface area contributed by atoms with Crippen molar-refractivity contribution in [3.05, 3.63) is 71.1 Å². The second kappa shape index (κ2) is 6.02. The number of amides is 1. The van der Waals surface area contributed by atoms with Crippen LogP contribution in [0.1, 0.15) is 10.4 Å². The molecule has 0 fully saturated rings. The SMILES string of the molecule is O=C(Nc1cnc(-n2ccnc2)nc1)c1ccc([N+](=O)[O-])cc1. The topological polar surface area (TPSA) is 116 Å². The highest BCUT2D eigenvalue weighted by Crippen LogP contribution is 2.13. The molecule has 9 nitrogen and oxygen atoms in total. The molecule has 1 aromatic carbocycles. The van der Waals surface area contributed by atoms with Crippen LogP contribution in [0.15, 0.2) is 55.4 Å². The fraction of sp³-hybridized carbons (Fsp3) is 0. The van der Waals surface area contributed by atoms with Gasteiger partial charge < -0.3 is 5.32 Å². The minimum absolute atomic E-state index is 0.0745. The highest BCUT2D eigenvalue weighted by atomic mass is 16.6. The number of hydrogen-bond donors (Lipinski definition) is 1. The molecule has 114 valence electrons. The molecule has 23 heavy (non-hydrogen) atoms. The fourth-order valence-corrected chi connectivity index (χ4v) is 1.83. The summed E-state index contributed by atoms with van der Waals surface area (Å²) in [7, 11) is 0. The lowest BCUT2D eigenvalue weighted by Crippen LogP contribution is -2.12. The molecule has 1 N–H and O–H groups in total. The summed E-state index contributed by atoms with van der Waals surface area (Å²) in [4.78, 5) is 34.2. The van der Waals surface area contributed by atoms with Gasteiger partial charge in [0, 0.05) is 30.1 Å². The summed E-state index contributed by atoms with van der Waals surface area (Å²) < 4.78 is 1.63. The van der Waals surface area contributed by atoms with E-state index in [-0.39, 0.29) is 5.69 Å². The molecule has 1 amide bonds. The van der Waals surface area contributed by atoms with Gasteiger partial charge in [0.1, 0.15) is 6.33 Å². The van der Waals surface area contributed by atoms with Gasteiger partial charge in [-0.15, -0.1) is 0 Å². The van der Waals surface area contributed by atoms with Crippen LogP contribution in [0.3, 0.4) is 0 Å². The van der Waals surface area contributed by atoms with E-state index in [0.717, 1.165) is 0 Å². The van der Waals surface area contributed by atoms with Crippen LogP contribution in [0, 0.1) is 10.1 Å². The number of imidazole rings is 1. The van der Waals surface area contributed by atoms with E-state index < -0.39 is 10.8 Å². The maximum atomic E-state index is 12.1. The third-order valence-corrected chi connectivity index (χ3v) is 2.97. The normalized spacial score (nSPS) is 10.3. The van der Waals surface area contributed by atoms with Gasteiger partial charge in [-0.25, -0.2) is 15.0 Å². The van der Waals surface area contributed by atoms with Gasteiger partial charge in [0.05, 0.1) is 23.0 Å². The van der Waals surface area contributed by atoms with Crippen molar-refractivity contribution in [3.63, 3.8) is 0 Å². The number of anilines is 1. The van der Waals surface area contributed by atoms with E-state index in [0.29, 0.717) is 17.2 Å². The van der Waals surface area contributed by atoms with E-state index in [1.165, 1.54) is 36.7 Å². The summed E-state index contributed by atoms with van der Waals surface area (Å²) in [6.45, 7) is 0. The van der Waals surface area contributed by atoms with Crippen molar-refractivity contribution in [2.75, 3.05) is 5.32 Å². The van der Waals surface area contributed by atoms with Gasteiger partial charge in [0.15, 0.2) is 0 Å². The van der Waals surface area contributed by atoms with Crippen molar-refractivity contribution in [2.45, 2.75) is 0 Å². The number of nitro benzene ring substituents is 1. The summed E-state index contributed by atoms with van der Waals surface area (Å²) in [5.74, 6) is 0.0229. The number of nitrogens with zero attached hydrogens (tertiary/aromatic N) is 5. The number of carbonyl (C=O) groups is 1. The summed E-state index contributed by atoms with van der Waals surface area (Å²) in [6, 6.07) is 5.31. The summed E-state index contributed by atoms with van der Waals surface area (Å²) in [6.07, 6.45) is 7.79. The van der Waals surface area contributed by atoms with Crippen molar-refractivity contribution in [2.24, 2.45) is 0 Å². The van der Waals surface area contributed by atoms with E-state index in [2.05, 4.69) is 20.3 Å². The van der Waals surface area contributed by atoms with Gasteiger partial charge >= 0.3 is 0 Å². The van der Waals surface area contributed by atoms with Crippen LogP contribution in [0.5, 0.6) is 0 Å². The zero-order valence-corrected chi connectivity index (χ0v) is 11.7. The lowest BCUT2D eigenvalue weighted by Gasteiger charge is -2.05. The zero-order valence-electron chi connectivity index (χ0n) is 11.7. The molecule has 3 rings (SSSR count). The maximum absolute atomic E-state index is 12.1. The number of nitro groups is 1. The Bertz CT molecular complexity index is 828. The number of nitrogens with one attached hydrogen (secondary N) is 1. The number of carbonyl (C=O) groups excluding carboxylic acids is 1. The molecular formula is C14H10N6O3. The van der Waals surface area contributed by atoms with Crippen molar-refractivity contribution in [1.29, 1.82) is 0 Å². The number of benzene rings is 1. The van der Waals surface area contributed by atoms with E-state index in [9.17, 15) is 14.9 Å². The van der Waals surface area contributed by atoms with E-state index in [1.807, 2.05) is 0 Å². The maximum Gasteiger partial charge on any atom is 0.269 e. The molecule has 3 aromatic rings. The molecule has 9 heteroatoms. The predicted octanol–water partition coefficient (Wildman–Crippen LogP) is 1.82. The Morgan fingerprint density at radius 2 is 1.87 bits per heavy atom. The van der Waals surface area contributed by atoms with Crippen LogP contribution in [-0.2, 0) is 0 Å². The lowest BCUT2D eigenvalue weighted by molar-refractivity contribution is -0.384. The Morgan fingerprint density at radius 3 is 2.43 bits per heavy atom. The summed E-state index contributed by atoms with van der Waals surface area (Å²) in [5.41, 5.74) is 0.640. The van der Waals surface area contributed by atoms with Crippen molar-refractivity contribution in [3.8, 4) is 5.95 Å². The summed E-state index contributed by atoms with van der Waals surface area (Å²) in [5, 5.41) is 13.2. The molecule has 0 spiro atoms. The first-order valence-corrected chi connectivity index (χ1v) is 6.49. The lowest BCUT2D eigenvalue weighted by atomic mass is 10.2. The third-order valence-electron chi connectivity index (χ3n) is 2.97. The van der Waals surface area contributed by atoms with Crippen LogP contribution < -0.4 is 5.32 Å². The standard InChI is InChI=1S/C14H10N6O3/c21-13(10-1-3-12(4-2-10)20(22)23)18-11-7-16-14(17-8-11)19-6-5-15-9-19/h1-9H,(H,18,21). The highest BCUT2D eigenvalue weighted by Gasteiger charge is 2.10. The first-order chi connectivity index (χ1) is 11.1.